The monoisotopic (exact) mass is 315 g/mol. The van der Waals surface area contributed by atoms with E-state index in [1.165, 1.54) is 27.4 Å². The maximum Gasteiger partial charge on any atom is 0.340 e. The van der Waals surface area contributed by atoms with Gasteiger partial charge >= 0.3 is 5.97 Å². The second-order valence-electron chi connectivity index (χ2n) is 4.56. The Balaban J connectivity index is 2.35. The summed E-state index contributed by atoms with van der Waals surface area (Å²) in [5.74, 6) is -0.0317. The third kappa shape index (κ3) is 3.60. The minimum Gasteiger partial charge on any atom is -0.497 e. The molecule has 0 aliphatic carbocycles. The Morgan fingerprint density at radius 3 is 2.30 bits per heavy atom. The van der Waals surface area contributed by atoms with Crippen LogP contribution in [0.2, 0.25) is 0 Å². The van der Waals surface area contributed by atoms with Gasteiger partial charge in [0.25, 0.3) is 5.91 Å². The number of carbonyl (C=O) groups excluding carboxylic acids is 2. The number of rotatable bonds is 5. The predicted molar refractivity (Wildman–Crippen MR) is 85.3 cm³/mol. The number of carbonyl (C=O) groups is 2. The van der Waals surface area contributed by atoms with E-state index in [2.05, 4.69) is 5.32 Å². The summed E-state index contributed by atoms with van der Waals surface area (Å²) in [5, 5.41) is 2.69. The first kappa shape index (κ1) is 16.4. The van der Waals surface area contributed by atoms with Crippen molar-refractivity contribution in [1.29, 1.82) is 0 Å². The van der Waals surface area contributed by atoms with E-state index in [1.807, 2.05) is 0 Å². The molecule has 0 heterocycles. The summed E-state index contributed by atoms with van der Waals surface area (Å²) in [6.45, 7) is 0. The number of amides is 1. The van der Waals surface area contributed by atoms with Crippen molar-refractivity contribution in [2.75, 3.05) is 26.6 Å². The van der Waals surface area contributed by atoms with E-state index < -0.39 is 11.9 Å². The molecule has 0 fully saturated rings. The van der Waals surface area contributed by atoms with Crippen molar-refractivity contribution in [2.24, 2.45) is 0 Å². The molecule has 2 rings (SSSR count). The van der Waals surface area contributed by atoms with Crippen LogP contribution in [0.5, 0.6) is 11.5 Å². The van der Waals surface area contributed by atoms with Gasteiger partial charge in [0.05, 0.1) is 38.1 Å². The molecule has 6 heteroatoms. The highest BCUT2D eigenvalue weighted by Crippen LogP contribution is 2.25. The van der Waals surface area contributed by atoms with E-state index in [0.29, 0.717) is 22.7 Å². The first-order valence-corrected chi connectivity index (χ1v) is 6.81. The standard InChI is InChI=1S/C17H17NO5/c1-21-11-8-9-14(13(10-11)17(20)23-3)18-16(19)12-6-4-5-7-15(12)22-2/h4-10H,1-3H3,(H,18,19). The third-order valence-electron chi connectivity index (χ3n) is 3.23. The number of nitrogens with one attached hydrogen (secondary N) is 1. The van der Waals surface area contributed by atoms with Crippen molar-refractivity contribution in [3.63, 3.8) is 0 Å². The van der Waals surface area contributed by atoms with E-state index in [-0.39, 0.29) is 5.56 Å². The van der Waals surface area contributed by atoms with Crippen molar-refractivity contribution in [1.82, 2.24) is 0 Å². The summed E-state index contributed by atoms with van der Waals surface area (Å²) < 4.78 is 15.0. The fourth-order valence-corrected chi connectivity index (χ4v) is 2.06. The van der Waals surface area contributed by atoms with Crippen LogP contribution < -0.4 is 14.8 Å². The molecule has 2 aromatic carbocycles. The molecule has 6 nitrogen and oxygen atoms in total. The van der Waals surface area contributed by atoms with Crippen molar-refractivity contribution in [3.05, 3.63) is 53.6 Å². The molecular weight excluding hydrogens is 298 g/mol. The lowest BCUT2D eigenvalue weighted by Crippen LogP contribution is -2.16. The van der Waals surface area contributed by atoms with Gasteiger partial charge in [0.2, 0.25) is 0 Å². The van der Waals surface area contributed by atoms with E-state index in [1.54, 1.807) is 36.4 Å². The Kier molecular flexibility index (Phi) is 5.19. The first-order chi connectivity index (χ1) is 11.1. The van der Waals surface area contributed by atoms with Crippen LogP contribution >= 0.6 is 0 Å². The first-order valence-electron chi connectivity index (χ1n) is 6.81. The molecule has 0 radical (unpaired) electrons. The van der Waals surface area contributed by atoms with E-state index in [4.69, 9.17) is 14.2 Å². The van der Waals surface area contributed by atoms with Gasteiger partial charge in [-0.25, -0.2) is 4.79 Å². The largest absolute Gasteiger partial charge is 0.497 e. The summed E-state index contributed by atoms with van der Waals surface area (Å²) in [7, 11) is 4.25. The zero-order valence-electron chi connectivity index (χ0n) is 13.1. The van der Waals surface area contributed by atoms with Gasteiger partial charge in [0, 0.05) is 0 Å². The van der Waals surface area contributed by atoms with Gasteiger partial charge in [0.15, 0.2) is 0 Å². The Morgan fingerprint density at radius 2 is 1.65 bits per heavy atom. The molecule has 0 spiro atoms. The summed E-state index contributed by atoms with van der Waals surface area (Å²) in [5.41, 5.74) is 0.894. The van der Waals surface area contributed by atoms with Crippen LogP contribution in [0.15, 0.2) is 42.5 Å². The van der Waals surface area contributed by atoms with Gasteiger partial charge in [0.1, 0.15) is 11.5 Å². The van der Waals surface area contributed by atoms with Crippen LogP contribution in [0.4, 0.5) is 5.69 Å². The summed E-state index contributed by atoms with van der Waals surface area (Å²) in [6, 6.07) is 11.5. The SMILES string of the molecule is COC(=O)c1cc(OC)ccc1NC(=O)c1ccccc1OC. The molecule has 0 aliphatic rings. The van der Waals surface area contributed by atoms with Gasteiger partial charge in [-0.05, 0) is 30.3 Å². The van der Waals surface area contributed by atoms with Crippen LogP contribution in [-0.2, 0) is 4.74 Å². The highest BCUT2D eigenvalue weighted by Gasteiger charge is 2.17. The van der Waals surface area contributed by atoms with Crippen molar-refractivity contribution < 1.29 is 23.8 Å². The van der Waals surface area contributed by atoms with Crippen LogP contribution in [-0.4, -0.2) is 33.2 Å². The number of hydrogen-bond donors (Lipinski definition) is 1. The molecular formula is C17H17NO5. The molecule has 0 saturated carbocycles. The lowest BCUT2D eigenvalue weighted by atomic mass is 10.1. The Bertz CT molecular complexity index is 727. The summed E-state index contributed by atoms with van der Waals surface area (Å²) in [6.07, 6.45) is 0. The minimum atomic E-state index is -0.570. The maximum atomic E-state index is 12.4. The highest BCUT2D eigenvalue weighted by molar-refractivity contribution is 6.09. The zero-order chi connectivity index (χ0) is 16.8. The minimum absolute atomic E-state index is 0.204. The van der Waals surface area contributed by atoms with Crippen LogP contribution in [0.3, 0.4) is 0 Å². The number of hydrogen-bond acceptors (Lipinski definition) is 5. The Morgan fingerprint density at radius 1 is 0.913 bits per heavy atom. The molecule has 120 valence electrons. The van der Waals surface area contributed by atoms with E-state index >= 15 is 0 Å². The highest BCUT2D eigenvalue weighted by atomic mass is 16.5. The number of ether oxygens (including phenoxy) is 3. The second-order valence-corrected chi connectivity index (χ2v) is 4.56. The Hall–Kier alpha value is -3.02. The molecule has 0 saturated heterocycles. The molecule has 0 aromatic heterocycles. The van der Waals surface area contributed by atoms with Gasteiger partial charge in [-0.3, -0.25) is 4.79 Å². The number of methoxy groups -OCH3 is 3. The molecule has 1 amide bonds. The van der Waals surface area contributed by atoms with E-state index in [9.17, 15) is 9.59 Å². The molecule has 0 atom stereocenters. The number of anilines is 1. The fourth-order valence-electron chi connectivity index (χ4n) is 2.06. The summed E-state index contributed by atoms with van der Waals surface area (Å²) >= 11 is 0. The number of para-hydroxylation sites is 1. The smallest absolute Gasteiger partial charge is 0.340 e. The van der Waals surface area contributed by atoms with E-state index in [0.717, 1.165) is 0 Å². The maximum absolute atomic E-state index is 12.4. The fraction of sp³-hybridized carbons (Fsp3) is 0.176. The number of benzene rings is 2. The van der Waals surface area contributed by atoms with Gasteiger partial charge in [-0.2, -0.15) is 0 Å². The molecule has 0 bridgehead atoms. The normalized spacial score (nSPS) is 9.87. The van der Waals surface area contributed by atoms with Gasteiger partial charge in [-0.15, -0.1) is 0 Å². The zero-order valence-corrected chi connectivity index (χ0v) is 13.1. The molecule has 23 heavy (non-hydrogen) atoms. The molecule has 0 unspecified atom stereocenters. The van der Waals surface area contributed by atoms with Gasteiger partial charge in [-0.1, -0.05) is 12.1 Å². The average molecular weight is 315 g/mol. The van der Waals surface area contributed by atoms with Crippen LogP contribution in [0, 0.1) is 0 Å². The topological polar surface area (TPSA) is 73.9 Å². The predicted octanol–water partition coefficient (Wildman–Crippen LogP) is 2.74. The van der Waals surface area contributed by atoms with Crippen LogP contribution in [0.25, 0.3) is 0 Å². The third-order valence-corrected chi connectivity index (χ3v) is 3.23. The summed E-state index contributed by atoms with van der Waals surface area (Å²) in [4.78, 5) is 24.3. The number of esters is 1. The molecule has 2 aromatic rings. The van der Waals surface area contributed by atoms with Crippen molar-refractivity contribution in [3.8, 4) is 11.5 Å². The average Bonchev–Trinajstić information content (AvgIpc) is 2.61. The molecule has 0 aliphatic heterocycles. The van der Waals surface area contributed by atoms with Crippen LogP contribution in [0.1, 0.15) is 20.7 Å². The Labute approximate surface area is 134 Å². The lowest BCUT2D eigenvalue weighted by Gasteiger charge is -2.12. The lowest BCUT2D eigenvalue weighted by molar-refractivity contribution is 0.0601. The molecule has 1 N–H and O–H groups in total. The van der Waals surface area contributed by atoms with Crippen molar-refractivity contribution >= 4 is 17.6 Å². The van der Waals surface area contributed by atoms with Gasteiger partial charge < -0.3 is 19.5 Å². The second kappa shape index (κ2) is 7.31. The van der Waals surface area contributed by atoms with Crippen molar-refractivity contribution in [2.45, 2.75) is 0 Å². The quantitative estimate of drug-likeness (QED) is 0.859.